The van der Waals surface area contributed by atoms with Crippen molar-refractivity contribution in [1.29, 1.82) is 0 Å². The first-order valence-electron chi connectivity index (χ1n) is 12.9. The second-order valence-corrected chi connectivity index (χ2v) is 10.1. The predicted molar refractivity (Wildman–Crippen MR) is 139 cm³/mol. The number of aliphatic hydroxyl groups is 2. The van der Waals surface area contributed by atoms with Gasteiger partial charge in [0.2, 0.25) is 5.91 Å². The quantitative estimate of drug-likeness (QED) is 0.456. The van der Waals surface area contributed by atoms with Crippen LogP contribution in [0.4, 0.5) is 0 Å². The van der Waals surface area contributed by atoms with E-state index in [0.29, 0.717) is 25.6 Å². The average molecular weight is 517 g/mol. The lowest BCUT2D eigenvalue weighted by Crippen LogP contribution is -2.36. The molecule has 3 aromatic rings. The molecule has 38 heavy (non-hydrogen) atoms. The molecular formula is C28H28N4O6. The summed E-state index contributed by atoms with van der Waals surface area (Å²) >= 11 is 0. The summed E-state index contributed by atoms with van der Waals surface area (Å²) in [5.41, 5.74) is 6.86. The molecule has 196 valence electrons. The number of nitrogens with zero attached hydrogens (tertiary/aromatic N) is 3. The molecule has 10 heteroatoms. The Morgan fingerprint density at radius 1 is 1.13 bits per heavy atom. The summed E-state index contributed by atoms with van der Waals surface area (Å²) in [7, 11) is 0. The Labute approximate surface area is 218 Å². The van der Waals surface area contributed by atoms with Gasteiger partial charge in [0.25, 0.3) is 0 Å². The third kappa shape index (κ3) is 4.19. The smallest absolute Gasteiger partial charge is 0.248 e. The maximum Gasteiger partial charge on any atom is 0.248 e. The zero-order valence-electron chi connectivity index (χ0n) is 20.6. The van der Waals surface area contributed by atoms with Gasteiger partial charge in [-0.25, -0.2) is 4.98 Å². The second-order valence-electron chi connectivity index (χ2n) is 10.1. The van der Waals surface area contributed by atoms with Crippen molar-refractivity contribution in [3.05, 3.63) is 53.6 Å². The number of carbonyl (C=O) groups excluding carboxylic acids is 1. The number of aliphatic imine (C=N–C) groups is 1. The van der Waals surface area contributed by atoms with Gasteiger partial charge in [-0.05, 0) is 23.6 Å². The minimum atomic E-state index is -0.618. The molecule has 7 rings (SSSR count). The highest BCUT2D eigenvalue weighted by atomic mass is 16.6. The van der Waals surface area contributed by atoms with Gasteiger partial charge < -0.3 is 34.3 Å². The number of ether oxygens (including phenoxy) is 3. The van der Waals surface area contributed by atoms with Crippen molar-refractivity contribution < 1.29 is 29.2 Å². The first-order chi connectivity index (χ1) is 18.6. The van der Waals surface area contributed by atoms with Gasteiger partial charge in [0.05, 0.1) is 29.9 Å². The number of carbonyl (C=O) groups is 1. The highest BCUT2D eigenvalue weighted by Crippen LogP contribution is 2.37. The lowest BCUT2D eigenvalue weighted by molar-refractivity contribution is -0.133. The van der Waals surface area contributed by atoms with Crippen LogP contribution in [0.1, 0.15) is 23.6 Å². The van der Waals surface area contributed by atoms with Crippen LogP contribution in [-0.2, 0) is 14.3 Å². The van der Waals surface area contributed by atoms with E-state index in [2.05, 4.69) is 46.4 Å². The van der Waals surface area contributed by atoms with E-state index in [1.54, 1.807) is 4.90 Å². The van der Waals surface area contributed by atoms with E-state index in [1.165, 1.54) is 5.57 Å². The average Bonchev–Trinajstić information content (AvgIpc) is 3.45. The van der Waals surface area contributed by atoms with Crippen molar-refractivity contribution in [3.63, 3.8) is 0 Å². The van der Waals surface area contributed by atoms with Crippen molar-refractivity contribution in [3.8, 4) is 17.1 Å². The number of benzene rings is 1. The molecule has 2 saturated heterocycles. The minimum Gasteiger partial charge on any atom is -0.470 e. The first kappa shape index (κ1) is 23.5. The van der Waals surface area contributed by atoms with Crippen LogP contribution < -0.4 is 4.74 Å². The molecule has 10 nitrogen and oxygen atoms in total. The highest BCUT2D eigenvalue weighted by Gasteiger charge is 2.48. The van der Waals surface area contributed by atoms with Gasteiger partial charge in [-0.1, -0.05) is 30.3 Å². The Hall–Kier alpha value is -3.57. The van der Waals surface area contributed by atoms with Crippen LogP contribution in [-0.4, -0.2) is 94.5 Å². The van der Waals surface area contributed by atoms with Gasteiger partial charge in [0.1, 0.15) is 31.0 Å². The van der Waals surface area contributed by atoms with Crippen molar-refractivity contribution in [1.82, 2.24) is 14.9 Å². The van der Waals surface area contributed by atoms with Crippen LogP contribution >= 0.6 is 0 Å². The number of pyridine rings is 1. The fraction of sp³-hybridized carbons (Fsp3) is 0.393. The zero-order valence-corrected chi connectivity index (χ0v) is 20.6. The van der Waals surface area contributed by atoms with E-state index in [1.807, 2.05) is 12.3 Å². The molecule has 0 bridgehead atoms. The number of H-pyrrole nitrogens is 1. The molecule has 4 aliphatic rings. The Bertz CT molecular complexity index is 1440. The molecule has 0 aliphatic carbocycles. The topological polar surface area (TPSA) is 130 Å². The van der Waals surface area contributed by atoms with Crippen LogP contribution in [0.2, 0.25) is 0 Å². The Morgan fingerprint density at radius 2 is 1.92 bits per heavy atom. The van der Waals surface area contributed by atoms with E-state index in [0.717, 1.165) is 39.8 Å². The van der Waals surface area contributed by atoms with E-state index in [4.69, 9.17) is 24.3 Å². The molecule has 0 radical (unpaired) electrons. The summed E-state index contributed by atoms with van der Waals surface area (Å²) in [6, 6.07) is 12.3. The molecule has 2 aromatic heterocycles. The number of rotatable bonds is 6. The molecule has 1 amide bonds. The van der Waals surface area contributed by atoms with E-state index in [9.17, 15) is 9.90 Å². The van der Waals surface area contributed by atoms with Crippen LogP contribution in [0.25, 0.3) is 27.9 Å². The SMILES string of the molecule is O=C(CO)N1CC=C(c2ccc(-c3nc4cc(O[C@@H]5CO[C@H]6[C@@H]5OC[C@H]6O)[nH]c4cc3C3C=N3)cc2)CC1. The molecule has 0 spiro atoms. The first-order valence-corrected chi connectivity index (χ1v) is 12.9. The molecular weight excluding hydrogens is 488 g/mol. The summed E-state index contributed by atoms with van der Waals surface area (Å²) in [5, 5.41) is 19.1. The Kier molecular flexibility index (Phi) is 5.77. The molecule has 1 aromatic carbocycles. The largest absolute Gasteiger partial charge is 0.470 e. The van der Waals surface area contributed by atoms with E-state index < -0.39 is 12.7 Å². The number of fused-ring (bicyclic) bond motifs is 2. The van der Waals surface area contributed by atoms with Crippen molar-refractivity contribution in [2.75, 3.05) is 32.9 Å². The fourth-order valence-electron chi connectivity index (χ4n) is 5.58. The van der Waals surface area contributed by atoms with Gasteiger partial charge in [0, 0.05) is 36.5 Å². The lowest BCUT2D eigenvalue weighted by atomic mass is 9.96. The summed E-state index contributed by atoms with van der Waals surface area (Å²) in [4.78, 5) is 26.1. The molecule has 1 unspecified atom stereocenters. The Morgan fingerprint density at radius 3 is 2.66 bits per heavy atom. The third-order valence-electron chi connectivity index (χ3n) is 7.71. The highest BCUT2D eigenvalue weighted by molar-refractivity contribution is 5.89. The number of aromatic nitrogens is 2. The number of nitrogens with one attached hydrogen (secondary N) is 1. The fourth-order valence-corrected chi connectivity index (χ4v) is 5.58. The van der Waals surface area contributed by atoms with E-state index in [-0.39, 0.29) is 36.9 Å². The molecule has 5 atom stereocenters. The normalized spacial score (nSPS) is 28.0. The van der Waals surface area contributed by atoms with Crippen molar-refractivity contribution in [2.45, 2.75) is 36.9 Å². The second kappa shape index (κ2) is 9.32. The molecule has 4 aliphatic heterocycles. The lowest BCUT2D eigenvalue weighted by Gasteiger charge is -2.26. The van der Waals surface area contributed by atoms with E-state index >= 15 is 0 Å². The summed E-state index contributed by atoms with van der Waals surface area (Å²) in [5.74, 6) is 0.344. The number of aliphatic hydroxyl groups excluding tert-OH is 2. The summed E-state index contributed by atoms with van der Waals surface area (Å²) in [6.45, 7) is 1.28. The summed E-state index contributed by atoms with van der Waals surface area (Å²) < 4.78 is 17.5. The molecule has 2 fully saturated rings. The number of hydrogen-bond donors (Lipinski definition) is 3. The van der Waals surface area contributed by atoms with Gasteiger partial charge in [-0.3, -0.25) is 9.79 Å². The summed E-state index contributed by atoms with van der Waals surface area (Å²) in [6.07, 6.45) is 3.16. The molecule has 6 heterocycles. The molecule has 0 saturated carbocycles. The standard InChI is InChI=1S/C28H28N4O6/c33-12-25(35)32-7-5-16(6-8-32)15-1-3-17(4-2-15)26-18(21-11-29-21)9-19-20(31-26)10-24(30-19)38-23-14-37-27-22(34)13-36-28(23)27/h1-5,9-11,21-23,27-28,30,33-34H,6-8,12-14H2/t21?,22-,23-,27-,28-/m1/s1. The van der Waals surface area contributed by atoms with Gasteiger partial charge in [-0.15, -0.1) is 0 Å². The number of hydrogen-bond acceptors (Lipinski definition) is 8. The third-order valence-corrected chi connectivity index (χ3v) is 7.71. The predicted octanol–water partition coefficient (Wildman–Crippen LogP) is 1.87. The Balaban J connectivity index is 1.13. The van der Waals surface area contributed by atoms with Gasteiger partial charge in [0.15, 0.2) is 12.0 Å². The monoisotopic (exact) mass is 516 g/mol. The van der Waals surface area contributed by atoms with Crippen LogP contribution in [0, 0.1) is 0 Å². The maximum atomic E-state index is 11.7. The van der Waals surface area contributed by atoms with Crippen LogP contribution in [0.3, 0.4) is 0 Å². The van der Waals surface area contributed by atoms with Gasteiger partial charge in [-0.2, -0.15) is 0 Å². The van der Waals surface area contributed by atoms with Crippen molar-refractivity contribution >= 4 is 28.7 Å². The number of aromatic amines is 1. The van der Waals surface area contributed by atoms with Crippen molar-refractivity contribution in [2.24, 2.45) is 4.99 Å². The minimum absolute atomic E-state index is 0.0164. The van der Waals surface area contributed by atoms with Crippen LogP contribution in [0.15, 0.2) is 47.5 Å². The van der Waals surface area contributed by atoms with Crippen LogP contribution in [0.5, 0.6) is 5.88 Å². The zero-order chi connectivity index (χ0) is 25.8. The van der Waals surface area contributed by atoms with Gasteiger partial charge >= 0.3 is 0 Å². The maximum absolute atomic E-state index is 11.7. The molecule has 3 N–H and O–H groups in total. The number of amides is 1.